The van der Waals surface area contributed by atoms with Crippen LogP contribution in [-0.4, -0.2) is 30.9 Å². The first-order valence-electron chi connectivity index (χ1n) is 7.57. The van der Waals surface area contributed by atoms with Gasteiger partial charge in [-0.2, -0.15) is 0 Å². The second-order valence-electron chi connectivity index (χ2n) is 5.25. The van der Waals surface area contributed by atoms with Crippen LogP contribution < -0.4 is 14.4 Å². The van der Waals surface area contributed by atoms with E-state index in [0.29, 0.717) is 28.8 Å². The van der Waals surface area contributed by atoms with Gasteiger partial charge >= 0.3 is 0 Å². The first-order chi connectivity index (χ1) is 11.6. The summed E-state index contributed by atoms with van der Waals surface area (Å²) < 4.78 is 11.0. The number of β-lactam (4-membered cyclic amide) rings is 1. The molecular formula is C18H16ClNO4. The predicted molar refractivity (Wildman–Crippen MR) is 90.8 cm³/mol. The molecule has 0 radical (unpaired) electrons. The zero-order chi connectivity index (χ0) is 17.1. The van der Waals surface area contributed by atoms with Crippen molar-refractivity contribution in [1.29, 1.82) is 0 Å². The van der Waals surface area contributed by atoms with Crippen LogP contribution in [0.1, 0.15) is 6.92 Å². The smallest absolute Gasteiger partial charge is 0.271 e. The molecule has 2 atom stereocenters. The Morgan fingerprint density at radius 2 is 1.71 bits per heavy atom. The molecule has 1 amide bonds. The Kier molecular flexibility index (Phi) is 4.71. The zero-order valence-electron chi connectivity index (χ0n) is 13.0. The molecule has 0 aromatic heterocycles. The van der Waals surface area contributed by atoms with Gasteiger partial charge in [0, 0.05) is 10.7 Å². The van der Waals surface area contributed by atoms with Gasteiger partial charge in [-0.25, -0.2) is 0 Å². The zero-order valence-corrected chi connectivity index (χ0v) is 13.8. The van der Waals surface area contributed by atoms with Gasteiger partial charge in [0.1, 0.15) is 23.8 Å². The molecule has 0 aliphatic carbocycles. The highest BCUT2D eigenvalue weighted by atomic mass is 35.5. The topological polar surface area (TPSA) is 55.8 Å². The summed E-state index contributed by atoms with van der Waals surface area (Å²) in [6.07, 6.45) is -0.103. The summed E-state index contributed by atoms with van der Waals surface area (Å²) in [6, 6.07) is 13.0. The fourth-order valence-electron chi connectivity index (χ4n) is 2.56. The van der Waals surface area contributed by atoms with Crippen LogP contribution in [0.3, 0.4) is 0 Å². The van der Waals surface area contributed by atoms with E-state index in [2.05, 4.69) is 0 Å². The maximum absolute atomic E-state index is 12.4. The van der Waals surface area contributed by atoms with Crippen LogP contribution in [0.15, 0.2) is 48.5 Å². The second-order valence-corrected chi connectivity index (χ2v) is 5.69. The van der Waals surface area contributed by atoms with E-state index >= 15 is 0 Å². The lowest BCUT2D eigenvalue weighted by atomic mass is 9.97. The number of rotatable bonds is 6. The van der Waals surface area contributed by atoms with Crippen molar-refractivity contribution in [3.63, 3.8) is 0 Å². The maximum Gasteiger partial charge on any atom is 0.271 e. The molecule has 3 rings (SSSR count). The van der Waals surface area contributed by atoms with Crippen molar-refractivity contribution in [3.05, 3.63) is 53.6 Å². The molecule has 0 N–H and O–H groups in total. The van der Waals surface area contributed by atoms with Crippen LogP contribution in [0.25, 0.3) is 0 Å². The highest BCUT2D eigenvalue weighted by molar-refractivity contribution is 6.30. The van der Waals surface area contributed by atoms with E-state index in [0.717, 1.165) is 6.29 Å². The van der Waals surface area contributed by atoms with Gasteiger partial charge in [0.05, 0.1) is 6.61 Å². The standard InChI is InChI=1S/C18H16ClNO4/c1-2-23-14-9-5-13(6-10-14)20-16(11-21)17(18(20)22)24-15-7-3-12(19)4-8-15/h3-11,16-17H,2H2,1H3/t16-,17-/m0/s1. The van der Waals surface area contributed by atoms with Crippen LogP contribution in [-0.2, 0) is 9.59 Å². The fraction of sp³-hybridized carbons (Fsp3) is 0.222. The highest BCUT2D eigenvalue weighted by Gasteiger charge is 2.50. The minimum atomic E-state index is -0.824. The van der Waals surface area contributed by atoms with E-state index in [4.69, 9.17) is 21.1 Å². The van der Waals surface area contributed by atoms with Crippen molar-refractivity contribution in [2.75, 3.05) is 11.5 Å². The molecule has 2 aromatic rings. The Balaban J connectivity index is 1.73. The third-order valence-corrected chi connectivity index (χ3v) is 3.98. The summed E-state index contributed by atoms with van der Waals surface area (Å²) >= 11 is 5.82. The molecule has 0 unspecified atom stereocenters. The minimum Gasteiger partial charge on any atom is -0.494 e. The first kappa shape index (κ1) is 16.3. The Morgan fingerprint density at radius 3 is 2.29 bits per heavy atom. The highest BCUT2D eigenvalue weighted by Crippen LogP contribution is 2.31. The molecule has 2 aromatic carbocycles. The number of aldehydes is 1. The fourth-order valence-corrected chi connectivity index (χ4v) is 2.69. The number of anilines is 1. The summed E-state index contributed by atoms with van der Waals surface area (Å²) in [5.74, 6) is 0.952. The van der Waals surface area contributed by atoms with E-state index in [9.17, 15) is 9.59 Å². The third kappa shape index (κ3) is 3.08. The Hall–Kier alpha value is -2.53. The predicted octanol–water partition coefficient (Wildman–Crippen LogP) is 3.10. The summed E-state index contributed by atoms with van der Waals surface area (Å²) in [6.45, 7) is 2.46. The van der Waals surface area contributed by atoms with Crippen molar-refractivity contribution in [2.24, 2.45) is 0 Å². The van der Waals surface area contributed by atoms with Crippen molar-refractivity contribution in [3.8, 4) is 11.5 Å². The summed E-state index contributed by atoms with van der Waals surface area (Å²) in [5.41, 5.74) is 0.636. The second kappa shape index (κ2) is 6.93. The van der Waals surface area contributed by atoms with Gasteiger partial charge in [-0.1, -0.05) is 11.6 Å². The van der Waals surface area contributed by atoms with E-state index in [-0.39, 0.29) is 5.91 Å². The summed E-state index contributed by atoms with van der Waals surface area (Å²) in [4.78, 5) is 25.2. The van der Waals surface area contributed by atoms with Crippen LogP contribution in [0.2, 0.25) is 5.02 Å². The number of amides is 1. The summed E-state index contributed by atoms with van der Waals surface area (Å²) in [5, 5.41) is 0.574. The molecule has 6 heteroatoms. The Bertz CT molecular complexity index is 730. The molecule has 1 aliphatic rings. The van der Waals surface area contributed by atoms with Gasteiger partial charge < -0.3 is 14.3 Å². The molecule has 5 nitrogen and oxygen atoms in total. The van der Waals surface area contributed by atoms with Crippen LogP contribution in [0.5, 0.6) is 11.5 Å². The van der Waals surface area contributed by atoms with E-state index < -0.39 is 12.1 Å². The average Bonchev–Trinajstić information content (AvgIpc) is 2.60. The lowest BCUT2D eigenvalue weighted by Crippen LogP contribution is -2.68. The molecule has 1 saturated heterocycles. The molecule has 24 heavy (non-hydrogen) atoms. The van der Waals surface area contributed by atoms with Crippen molar-refractivity contribution < 1.29 is 19.1 Å². The lowest BCUT2D eigenvalue weighted by Gasteiger charge is -2.43. The number of hydrogen-bond acceptors (Lipinski definition) is 4. The number of halogens is 1. The van der Waals surface area contributed by atoms with E-state index in [1.165, 1.54) is 4.90 Å². The Morgan fingerprint density at radius 1 is 1.08 bits per heavy atom. The lowest BCUT2D eigenvalue weighted by molar-refractivity contribution is -0.138. The molecule has 124 valence electrons. The van der Waals surface area contributed by atoms with Gasteiger partial charge in [0.25, 0.3) is 5.91 Å². The first-order valence-corrected chi connectivity index (χ1v) is 7.95. The number of ether oxygens (including phenoxy) is 2. The minimum absolute atomic E-state index is 0.258. The average molecular weight is 346 g/mol. The number of carbonyl (C=O) groups excluding carboxylic acids is 2. The molecule has 0 spiro atoms. The molecule has 1 aliphatic heterocycles. The van der Waals surface area contributed by atoms with Crippen LogP contribution >= 0.6 is 11.6 Å². The molecule has 0 bridgehead atoms. The number of nitrogens with zero attached hydrogens (tertiary/aromatic N) is 1. The third-order valence-electron chi connectivity index (χ3n) is 3.73. The molecule has 1 heterocycles. The van der Waals surface area contributed by atoms with E-state index in [1.54, 1.807) is 48.5 Å². The Labute approximate surface area is 144 Å². The van der Waals surface area contributed by atoms with Crippen LogP contribution in [0.4, 0.5) is 5.69 Å². The van der Waals surface area contributed by atoms with E-state index in [1.807, 2.05) is 6.92 Å². The van der Waals surface area contributed by atoms with Gasteiger partial charge in [-0.05, 0) is 55.5 Å². The number of carbonyl (C=O) groups is 2. The molecule has 0 saturated carbocycles. The van der Waals surface area contributed by atoms with Gasteiger partial charge in [-0.15, -0.1) is 0 Å². The maximum atomic E-state index is 12.4. The van der Waals surface area contributed by atoms with Crippen molar-refractivity contribution in [1.82, 2.24) is 0 Å². The number of hydrogen-bond donors (Lipinski definition) is 0. The SMILES string of the molecule is CCOc1ccc(N2C(=O)[C@@H](Oc3ccc(Cl)cc3)[C@@H]2C=O)cc1. The van der Waals surface area contributed by atoms with Crippen molar-refractivity contribution in [2.45, 2.75) is 19.1 Å². The molecular weight excluding hydrogens is 330 g/mol. The quantitative estimate of drug-likeness (QED) is 0.596. The normalized spacial score (nSPS) is 19.6. The van der Waals surface area contributed by atoms with Gasteiger partial charge in [0.15, 0.2) is 0 Å². The van der Waals surface area contributed by atoms with Gasteiger partial charge in [-0.3, -0.25) is 9.69 Å². The van der Waals surface area contributed by atoms with Crippen molar-refractivity contribution >= 4 is 29.5 Å². The molecule has 1 fully saturated rings. The summed E-state index contributed by atoms with van der Waals surface area (Å²) in [7, 11) is 0. The number of benzene rings is 2. The van der Waals surface area contributed by atoms with Gasteiger partial charge in [0.2, 0.25) is 6.10 Å². The van der Waals surface area contributed by atoms with Crippen LogP contribution in [0, 0.1) is 0 Å². The largest absolute Gasteiger partial charge is 0.494 e. The monoisotopic (exact) mass is 345 g/mol.